The van der Waals surface area contributed by atoms with Gasteiger partial charge in [-0.3, -0.25) is 0 Å². The van der Waals surface area contributed by atoms with Crippen LogP contribution in [0.2, 0.25) is 0 Å². The van der Waals surface area contributed by atoms with Crippen LogP contribution in [0.25, 0.3) is 66.3 Å². The van der Waals surface area contributed by atoms with E-state index in [1.165, 1.54) is 0 Å². The van der Waals surface area contributed by atoms with Crippen LogP contribution in [0.5, 0.6) is 0 Å². The van der Waals surface area contributed by atoms with Crippen LogP contribution in [0.1, 0.15) is 27.7 Å². The second-order valence-electron chi connectivity index (χ2n) is 12.1. The Bertz CT molecular complexity index is 2150. The molecular weight excluding hydrogens is 519 g/mol. The summed E-state index contributed by atoms with van der Waals surface area (Å²) < 4.78 is 19.2. The fourth-order valence-electron chi connectivity index (χ4n) is 5.88. The van der Waals surface area contributed by atoms with Crippen molar-refractivity contribution in [2.75, 3.05) is 0 Å². The van der Waals surface area contributed by atoms with E-state index in [0.29, 0.717) is 0 Å². The smallest absolute Gasteiger partial charge is 0.456 e. The van der Waals surface area contributed by atoms with Crippen LogP contribution in [0.4, 0.5) is 0 Å². The van der Waals surface area contributed by atoms with Crippen LogP contribution in [0.15, 0.2) is 108 Å². The number of rotatable bonds is 3. The van der Waals surface area contributed by atoms with Crippen molar-refractivity contribution in [2.45, 2.75) is 38.9 Å². The monoisotopic (exact) mass is 548 g/mol. The predicted molar refractivity (Wildman–Crippen MR) is 171 cm³/mol. The lowest BCUT2D eigenvalue weighted by Gasteiger charge is -2.32. The molecular formula is C36H29BN2O3. The lowest BCUT2D eigenvalue weighted by atomic mass is 9.76. The van der Waals surface area contributed by atoms with Gasteiger partial charge in [-0.1, -0.05) is 66.7 Å². The van der Waals surface area contributed by atoms with Gasteiger partial charge in [0.05, 0.1) is 33.6 Å². The van der Waals surface area contributed by atoms with E-state index in [1.807, 2.05) is 36.4 Å². The number of hydrogen-bond donors (Lipinski definition) is 0. The van der Waals surface area contributed by atoms with E-state index in [4.69, 9.17) is 23.7 Å². The Kier molecular flexibility index (Phi) is 5.40. The highest BCUT2D eigenvalue weighted by molar-refractivity contribution is 6.66. The van der Waals surface area contributed by atoms with E-state index in [0.717, 1.165) is 71.7 Å². The number of furan rings is 1. The third kappa shape index (κ3) is 3.87. The maximum Gasteiger partial charge on any atom is 0.495 e. The predicted octanol–water partition coefficient (Wildman–Crippen LogP) is 8.32. The molecule has 0 bridgehead atoms. The fraction of sp³-hybridized carbons (Fsp3) is 0.167. The van der Waals surface area contributed by atoms with Crippen LogP contribution in [0, 0.1) is 0 Å². The first kappa shape index (κ1) is 25.2. The average Bonchev–Trinajstić information content (AvgIpc) is 3.48. The fourth-order valence-corrected chi connectivity index (χ4v) is 5.88. The quantitative estimate of drug-likeness (QED) is 0.164. The van der Waals surface area contributed by atoms with Gasteiger partial charge >= 0.3 is 7.12 Å². The minimum Gasteiger partial charge on any atom is -0.456 e. The maximum absolute atomic E-state index is 6.44. The van der Waals surface area contributed by atoms with Crippen molar-refractivity contribution in [3.63, 3.8) is 0 Å². The van der Waals surface area contributed by atoms with E-state index in [9.17, 15) is 0 Å². The molecule has 1 saturated heterocycles. The van der Waals surface area contributed by atoms with Gasteiger partial charge in [-0.25, -0.2) is 9.97 Å². The molecule has 0 N–H and O–H groups in total. The molecule has 7 aromatic rings. The second-order valence-corrected chi connectivity index (χ2v) is 12.1. The lowest BCUT2D eigenvalue weighted by molar-refractivity contribution is 0.00578. The van der Waals surface area contributed by atoms with Crippen molar-refractivity contribution in [1.82, 2.24) is 9.97 Å². The zero-order chi connectivity index (χ0) is 28.6. The molecule has 3 aromatic heterocycles. The highest BCUT2D eigenvalue weighted by atomic mass is 16.7. The number of pyridine rings is 2. The summed E-state index contributed by atoms with van der Waals surface area (Å²) in [5.41, 5.74) is 7.42. The van der Waals surface area contributed by atoms with Gasteiger partial charge in [0.2, 0.25) is 0 Å². The molecule has 6 heteroatoms. The number of aromatic nitrogens is 2. The van der Waals surface area contributed by atoms with E-state index in [1.54, 1.807) is 0 Å². The van der Waals surface area contributed by atoms with Gasteiger partial charge in [-0.05, 0) is 69.6 Å². The summed E-state index contributed by atoms with van der Waals surface area (Å²) in [6.07, 6.45) is 0. The Labute approximate surface area is 244 Å². The summed E-state index contributed by atoms with van der Waals surface area (Å²) in [4.78, 5) is 10.2. The van der Waals surface area contributed by atoms with Gasteiger partial charge in [0.25, 0.3) is 0 Å². The molecule has 0 radical (unpaired) electrons. The van der Waals surface area contributed by atoms with Crippen LogP contribution < -0.4 is 5.46 Å². The molecule has 1 aliphatic heterocycles. The molecule has 0 spiro atoms. The summed E-state index contributed by atoms with van der Waals surface area (Å²) in [7, 11) is -0.488. The zero-order valence-corrected chi connectivity index (χ0v) is 24.0. The van der Waals surface area contributed by atoms with Crippen molar-refractivity contribution in [3.8, 4) is 22.5 Å². The van der Waals surface area contributed by atoms with Crippen LogP contribution in [0.3, 0.4) is 0 Å². The third-order valence-electron chi connectivity index (χ3n) is 8.92. The Hall–Kier alpha value is -4.52. The molecule has 4 aromatic carbocycles. The Balaban J connectivity index is 1.28. The van der Waals surface area contributed by atoms with Gasteiger partial charge in [-0.15, -0.1) is 0 Å². The first-order chi connectivity index (χ1) is 20.3. The molecule has 8 rings (SSSR count). The summed E-state index contributed by atoms with van der Waals surface area (Å²) in [6.45, 7) is 8.30. The minimum atomic E-state index is -0.488. The molecule has 0 saturated carbocycles. The second kappa shape index (κ2) is 8.99. The minimum absolute atomic E-state index is 0.434. The van der Waals surface area contributed by atoms with Gasteiger partial charge < -0.3 is 13.7 Å². The molecule has 0 aliphatic carbocycles. The van der Waals surface area contributed by atoms with Crippen molar-refractivity contribution < 1.29 is 13.7 Å². The maximum atomic E-state index is 6.44. The average molecular weight is 548 g/mol. The first-order valence-electron chi connectivity index (χ1n) is 14.3. The number of benzene rings is 4. The van der Waals surface area contributed by atoms with Crippen molar-refractivity contribution in [2.24, 2.45) is 0 Å². The van der Waals surface area contributed by atoms with E-state index >= 15 is 0 Å². The van der Waals surface area contributed by atoms with Crippen LogP contribution in [-0.4, -0.2) is 28.3 Å². The number of nitrogens with zero attached hydrogens (tertiary/aromatic N) is 2. The number of hydrogen-bond acceptors (Lipinski definition) is 5. The Morgan fingerprint density at radius 1 is 0.571 bits per heavy atom. The largest absolute Gasteiger partial charge is 0.495 e. The Morgan fingerprint density at radius 2 is 1.19 bits per heavy atom. The van der Waals surface area contributed by atoms with E-state index < -0.39 is 18.3 Å². The normalized spacial score (nSPS) is 16.2. The molecule has 1 aliphatic rings. The van der Waals surface area contributed by atoms with E-state index in [-0.39, 0.29) is 0 Å². The molecule has 5 nitrogen and oxygen atoms in total. The van der Waals surface area contributed by atoms with Crippen LogP contribution in [-0.2, 0) is 9.31 Å². The van der Waals surface area contributed by atoms with Crippen LogP contribution >= 0.6 is 0 Å². The summed E-state index contributed by atoms with van der Waals surface area (Å²) in [6, 6.07) is 35.2. The topological polar surface area (TPSA) is 57.4 Å². The highest BCUT2D eigenvalue weighted by Gasteiger charge is 2.52. The summed E-state index contributed by atoms with van der Waals surface area (Å²) >= 11 is 0. The molecule has 0 unspecified atom stereocenters. The lowest BCUT2D eigenvalue weighted by Crippen LogP contribution is -2.41. The number of fused-ring (bicyclic) bond motifs is 6. The summed E-state index contributed by atoms with van der Waals surface area (Å²) in [5, 5.41) is 4.14. The molecule has 42 heavy (non-hydrogen) atoms. The van der Waals surface area contributed by atoms with Gasteiger partial charge in [0.15, 0.2) is 0 Å². The highest BCUT2D eigenvalue weighted by Crippen LogP contribution is 2.39. The standard InChI is InChI=1S/C36H29BN2O3/c1-35(2)36(3,4)42-37(41-35)27-11-8-12-31-32(27)26-21-25(17-20-30(26)40-31)29-19-16-24-14-13-23-15-18-28(22-9-6-5-7-10-22)38-33(23)34(24)39-29/h5-21H,1-4H3. The molecule has 1 fully saturated rings. The van der Waals surface area contributed by atoms with E-state index in [2.05, 4.69) is 94.4 Å². The molecule has 204 valence electrons. The molecule has 0 atom stereocenters. The van der Waals surface area contributed by atoms with Gasteiger partial charge in [0, 0.05) is 32.7 Å². The van der Waals surface area contributed by atoms with Gasteiger partial charge in [-0.2, -0.15) is 0 Å². The van der Waals surface area contributed by atoms with Crippen molar-refractivity contribution in [1.29, 1.82) is 0 Å². The third-order valence-corrected chi connectivity index (χ3v) is 8.92. The molecule has 4 heterocycles. The van der Waals surface area contributed by atoms with Crippen molar-refractivity contribution >= 4 is 56.3 Å². The Morgan fingerprint density at radius 3 is 1.86 bits per heavy atom. The SMILES string of the molecule is CC1(C)OB(c2cccc3oc4ccc(-c5ccc6ccc7ccc(-c8ccccc8)nc7c6n5)cc4c23)OC1(C)C. The summed E-state index contributed by atoms with van der Waals surface area (Å²) in [5.74, 6) is 0. The van der Waals surface area contributed by atoms with Crippen molar-refractivity contribution in [3.05, 3.63) is 103 Å². The first-order valence-corrected chi connectivity index (χ1v) is 14.3. The zero-order valence-electron chi connectivity index (χ0n) is 24.0. The van der Waals surface area contributed by atoms with Gasteiger partial charge in [0.1, 0.15) is 11.2 Å². The molecule has 0 amide bonds.